The number of hydrogen-bond acceptors (Lipinski definition) is 8. The highest BCUT2D eigenvalue weighted by Crippen LogP contribution is 2.32. The summed E-state index contributed by atoms with van der Waals surface area (Å²) in [5.74, 6) is -0.0366. The third-order valence-corrected chi connectivity index (χ3v) is 3.71. The van der Waals surface area contributed by atoms with Crippen LogP contribution in [0.1, 0.15) is 26.0 Å². The standard InChI is InChI=1S/C13H17N5O4/c1-2-3-6(19)10-8(20)9(21)13(22-10)18-5-17-7-11(14)15-4-16-12(7)18/h4-5,8-10,13,20-21H,2-3H2,1H3,(H2,14,15,16)/t8-,9?,10-,13-/m1/s1. The number of ether oxygens (including phenoxy) is 1. The lowest BCUT2D eigenvalue weighted by atomic mass is 10.0. The summed E-state index contributed by atoms with van der Waals surface area (Å²) in [5, 5.41) is 20.3. The van der Waals surface area contributed by atoms with Gasteiger partial charge in [0.25, 0.3) is 0 Å². The van der Waals surface area contributed by atoms with E-state index in [1.54, 1.807) is 0 Å². The number of fused-ring (bicyclic) bond motifs is 1. The number of hydrogen-bond donors (Lipinski definition) is 3. The van der Waals surface area contributed by atoms with Crippen molar-refractivity contribution in [3.63, 3.8) is 0 Å². The van der Waals surface area contributed by atoms with Gasteiger partial charge in [-0.15, -0.1) is 0 Å². The molecule has 2 aromatic heterocycles. The van der Waals surface area contributed by atoms with Gasteiger partial charge in [-0.05, 0) is 6.42 Å². The molecule has 1 unspecified atom stereocenters. The van der Waals surface area contributed by atoms with Crippen LogP contribution in [0.2, 0.25) is 0 Å². The molecule has 3 rings (SSSR count). The molecule has 0 saturated carbocycles. The van der Waals surface area contributed by atoms with E-state index < -0.39 is 24.5 Å². The fraction of sp³-hybridized carbons (Fsp3) is 0.538. The molecule has 1 aliphatic heterocycles. The summed E-state index contributed by atoms with van der Waals surface area (Å²) in [6.07, 6.45) is -0.988. The van der Waals surface area contributed by atoms with E-state index in [0.29, 0.717) is 17.6 Å². The minimum Gasteiger partial charge on any atom is -0.387 e. The van der Waals surface area contributed by atoms with Crippen molar-refractivity contribution in [1.82, 2.24) is 19.5 Å². The molecular weight excluding hydrogens is 290 g/mol. The van der Waals surface area contributed by atoms with Crippen molar-refractivity contribution in [3.05, 3.63) is 12.7 Å². The van der Waals surface area contributed by atoms with Crippen molar-refractivity contribution in [2.45, 2.75) is 44.3 Å². The number of imidazole rings is 1. The number of aromatic nitrogens is 4. The van der Waals surface area contributed by atoms with Crippen LogP contribution in [0.4, 0.5) is 5.82 Å². The van der Waals surface area contributed by atoms with Gasteiger partial charge in [0.2, 0.25) is 0 Å². The Morgan fingerprint density at radius 2 is 2.14 bits per heavy atom. The number of carbonyl (C=O) groups excluding carboxylic acids is 1. The van der Waals surface area contributed by atoms with Crippen LogP contribution in [-0.4, -0.2) is 53.8 Å². The molecule has 0 bridgehead atoms. The first-order chi connectivity index (χ1) is 10.5. The molecule has 4 N–H and O–H groups in total. The van der Waals surface area contributed by atoms with Crippen LogP contribution in [-0.2, 0) is 9.53 Å². The summed E-state index contributed by atoms with van der Waals surface area (Å²) < 4.78 is 7.01. The van der Waals surface area contributed by atoms with Crippen LogP contribution >= 0.6 is 0 Å². The topological polar surface area (TPSA) is 136 Å². The second-order valence-corrected chi connectivity index (χ2v) is 5.23. The Morgan fingerprint density at radius 1 is 1.36 bits per heavy atom. The molecule has 118 valence electrons. The molecule has 9 heteroatoms. The van der Waals surface area contributed by atoms with Crippen LogP contribution in [0.25, 0.3) is 11.2 Å². The Labute approximate surface area is 125 Å². The van der Waals surface area contributed by atoms with Gasteiger partial charge in [-0.1, -0.05) is 6.92 Å². The van der Waals surface area contributed by atoms with E-state index in [9.17, 15) is 15.0 Å². The first-order valence-corrected chi connectivity index (χ1v) is 7.02. The lowest BCUT2D eigenvalue weighted by Crippen LogP contribution is -2.35. The van der Waals surface area contributed by atoms with Crippen molar-refractivity contribution in [2.75, 3.05) is 5.73 Å². The van der Waals surface area contributed by atoms with Gasteiger partial charge < -0.3 is 20.7 Å². The van der Waals surface area contributed by atoms with E-state index >= 15 is 0 Å². The Morgan fingerprint density at radius 3 is 2.86 bits per heavy atom. The molecule has 0 amide bonds. The third-order valence-electron chi connectivity index (χ3n) is 3.71. The SMILES string of the molecule is CCCC(=O)[C@H]1O[C@@H](n2cnc3c(N)ncnc32)C(O)[C@H]1O. The number of aliphatic hydroxyl groups is 2. The zero-order valence-corrected chi connectivity index (χ0v) is 12.0. The minimum atomic E-state index is -1.29. The second-order valence-electron chi connectivity index (χ2n) is 5.23. The smallest absolute Gasteiger partial charge is 0.167 e. The first-order valence-electron chi connectivity index (χ1n) is 7.02. The molecule has 2 aromatic rings. The number of anilines is 1. The Bertz CT molecular complexity index is 703. The van der Waals surface area contributed by atoms with Crippen LogP contribution in [0.5, 0.6) is 0 Å². The molecule has 4 atom stereocenters. The van der Waals surface area contributed by atoms with Crippen molar-refractivity contribution in [2.24, 2.45) is 0 Å². The Kier molecular flexibility index (Phi) is 3.77. The predicted octanol–water partition coefficient (Wildman–Crippen LogP) is -0.603. The lowest BCUT2D eigenvalue weighted by Gasteiger charge is -2.16. The largest absolute Gasteiger partial charge is 0.387 e. The Hall–Kier alpha value is -2.10. The van der Waals surface area contributed by atoms with Crippen LogP contribution < -0.4 is 5.73 Å². The number of Topliss-reactive ketones (excluding diaryl/α,β-unsaturated/α-hetero) is 1. The van der Waals surface area contributed by atoms with Crippen LogP contribution in [0.15, 0.2) is 12.7 Å². The molecule has 0 aliphatic carbocycles. The van der Waals surface area contributed by atoms with E-state index in [0.717, 1.165) is 0 Å². The monoisotopic (exact) mass is 307 g/mol. The van der Waals surface area contributed by atoms with Gasteiger partial charge in [-0.2, -0.15) is 0 Å². The summed E-state index contributed by atoms with van der Waals surface area (Å²) in [6, 6.07) is 0. The molecule has 22 heavy (non-hydrogen) atoms. The summed E-state index contributed by atoms with van der Waals surface area (Å²) >= 11 is 0. The molecule has 0 aromatic carbocycles. The summed E-state index contributed by atoms with van der Waals surface area (Å²) in [6.45, 7) is 1.86. The first kappa shape index (κ1) is 14.8. The molecule has 1 saturated heterocycles. The minimum absolute atomic E-state index is 0.204. The number of carbonyl (C=O) groups is 1. The normalized spacial score (nSPS) is 28.3. The number of nitrogens with two attached hydrogens (primary N) is 1. The van der Waals surface area contributed by atoms with Gasteiger partial charge in [0.15, 0.2) is 23.5 Å². The van der Waals surface area contributed by atoms with Crippen LogP contribution in [0, 0.1) is 0 Å². The number of ketones is 1. The number of nitrogens with zero attached hydrogens (tertiary/aromatic N) is 4. The molecule has 0 spiro atoms. The number of rotatable bonds is 4. The number of aliphatic hydroxyl groups excluding tert-OH is 2. The molecule has 3 heterocycles. The van der Waals surface area contributed by atoms with E-state index in [2.05, 4.69) is 15.0 Å². The van der Waals surface area contributed by atoms with Crippen molar-refractivity contribution < 1.29 is 19.7 Å². The molecule has 9 nitrogen and oxygen atoms in total. The highest BCUT2D eigenvalue weighted by Gasteiger charge is 2.47. The fourth-order valence-electron chi connectivity index (χ4n) is 2.60. The molecule has 1 fully saturated rings. The average molecular weight is 307 g/mol. The number of nitrogen functional groups attached to an aromatic ring is 1. The third kappa shape index (κ3) is 2.23. The van der Waals surface area contributed by atoms with E-state index in [1.165, 1.54) is 17.2 Å². The summed E-state index contributed by atoms with van der Waals surface area (Å²) in [5.41, 5.74) is 6.45. The average Bonchev–Trinajstić information content (AvgIpc) is 3.03. The zero-order chi connectivity index (χ0) is 15.9. The van der Waals surface area contributed by atoms with E-state index in [-0.39, 0.29) is 18.0 Å². The zero-order valence-electron chi connectivity index (χ0n) is 12.0. The maximum Gasteiger partial charge on any atom is 0.167 e. The van der Waals surface area contributed by atoms with Crippen molar-refractivity contribution in [3.8, 4) is 0 Å². The fourth-order valence-corrected chi connectivity index (χ4v) is 2.60. The van der Waals surface area contributed by atoms with E-state index in [1.807, 2.05) is 6.92 Å². The molecule has 0 radical (unpaired) electrons. The maximum atomic E-state index is 12.0. The quantitative estimate of drug-likeness (QED) is 0.681. The van der Waals surface area contributed by atoms with E-state index in [4.69, 9.17) is 10.5 Å². The van der Waals surface area contributed by atoms with Gasteiger partial charge >= 0.3 is 0 Å². The molecular formula is C13H17N5O4. The van der Waals surface area contributed by atoms with Gasteiger partial charge in [0.05, 0.1) is 6.33 Å². The summed E-state index contributed by atoms with van der Waals surface area (Å²) in [7, 11) is 0. The summed E-state index contributed by atoms with van der Waals surface area (Å²) in [4.78, 5) is 23.9. The Balaban J connectivity index is 1.94. The van der Waals surface area contributed by atoms with Gasteiger partial charge in [-0.3, -0.25) is 9.36 Å². The van der Waals surface area contributed by atoms with Crippen molar-refractivity contribution >= 4 is 22.8 Å². The van der Waals surface area contributed by atoms with Gasteiger partial charge in [-0.25, -0.2) is 15.0 Å². The van der Waals surface area contributed by atoms with Gasteiger partial charge in [0, 0.05) is 6.42 Å². The highest BCUT2D eigenvalue weighted by atomic mass is 16.6. The predicted molar refractivity (Wildman–Crippen MR) is 75.6 cm³/mol. The van der Waals surface area contributed by atoms with Gasteiger partial charge in [0.1, 0.15) is 30.2 Å². The molecule has 1 aliphatic rings. The maximum absolute atomic E-state index is 12.0. The highest BCUT2D eigenvalue weighted by molar-refractivity contribution is 5.84. The lowest BCUT2D eigenvalue weighted by molar-refractivity contribution is -0.135. The van der Waals surface area contributed by atoms with Crippen molar-refractivity contribution in [1.29, 1.82) is 0 Å². The second kappa shape index (κ2) is 5.59. The van der Waals surface area contributed by atoms with Crippen LogP contribution in [0.3, 0.4) is 0 Å².